The van der Waals surface area contributed by atoms with Crippen LogP contribution < -0.4 is 0 Å². The van der Waals surface area contributed by atoms with E-state index in [0.717, 1.165) is 25.9 Å². The lowest BCUT2D eigenvalue weighted by Gasteiger charge is -2.27. The first-order valence-corrected chi connectivity index (χ1v) is 8.38. The molecule has 0 N–H and O–H groups in total. The quantitative estimate of drug-likeness (QED) is 0.504. The van der Waals surface area contributed by atoms with Gasteiger partial charge in [0.2, 0.25) is 0 Å². The molecule has 0 heterocycles. The van der Waals surface area contributed by atoms with Gasteiger partial charge in [-0.25, -0.2) is 4.79 Å². The Morgan fingerprint density at radius 3 is 1.65 bits per heavy atom. The van der Waals surface area contributed by atoms with Gasteiger partial charge in [0.05, 0.1) is 0 Å². The summed E-state index contributed by atoms with van der Waals surface area (Å²) < 4.78 is 5.50. The molecule has 0 aliphatic heterocycles. The summed E-state index contributed by atoms with van der Waals surface area (Å²) in [5.41, 5.74) is -0.401. The van der Waals surface area contributed by atoms with E-state index in [4.69, 9.17) is 4.74 Å². The van der Waals surface area contributed by atoms with Gasteiger partial charge in [0, 0.05) is 13.1 Å². The highest BCUT2D eigenvalue weighted by molar-refractivity contribution is 5.68. The molecule has 0 atom stereocenters. The normalized spacial score (nSPS) is 11.4. The van der Waals surface area contributed by atoms with Crippen LogP contribution in [0.4, 0.5) is 4.79 Å². The summed E-state index contributed by atoms with van der Waals surface area (Å²) in [5, 5.41) is 0. The lowest BCUT2D eigenvalue weighted by Crippen LogP contribution is -2.38. The number of hydrogen-bond acceptors (Lipinski definition) is 2. The van der Waals surface area contributed by atoms with Gasteiger partial charge in [-0.2, -0.15) is 0 Å². The van der Waals surface area contributed by atoms with Crippen molar-refractivity contribution in [2.75, 3.05) is 13.1 Å². The van der Waals surface area contributed by atoms with Crippen molar-refractivity contribution in [1.82, 2.24) is 4.90 Å². The number of rotatable bonds is 10. The van der Waals surface area contributed by atoms with Gasteiger partial charge in [0.25, 0.3) is 0 Å². The summed E-state index contributed by atoms with van der Waals surface area (Å²) in [7, 11) is 0. The number of ether oxygens (including phenoxy) is 1. The maximum absolute atomic E-state index is 12.2. The molecule has 0 fully saturated rings. The second kappa shape index (κ2) is 11.0. The van der Waals surface area contributed by atoms with Crippen LogP contribution in [-0.4, -0.2) is 29.7 Å². The molecule has 0 rings (SSSR count). The number of hydrogen-bond donors (Lipinski definition) is 0. The van der Waals surface area contributed by atoms with Crippen molar-refractivity contribution in [3.8, 4) is 0 Å². The van der Waals surface area contributed by atoms with E-state index in [2.05, 4.69) is 13.8 Å². The summed E-state index contributed by atoms with van der Waals surface area (Å²) in [4.78, 5) is 14.1. The predicted molar refractivity (Wildman–Crippen MR) is 86.1 cm³/mol. The van der Waals surface area contributed by atoms with Crippen LogP contribution in [0.5, 0.6) is 0 Å². The van der Waals surface area contributed by atoms with Crippen molar-refractivity contribution in [2.45, 2.75) is 91.6 Å². The molecule has 0 aromatic heterocycles. The molecule has 0 saturated heterocycles. The summed E-state index contributed by atoms with van der Waals surface area (Å²) >= 11 is 0. The van der Waals surface area contributed by atoms with E-state index in [1.165, 1.54) is 38.5 Å². The number of carbonyl (C=O) groups is 1. The third kappa shape index (κ3) is 11.1. The van der Waals surface area contributed by atoms with Gasteiger partial charge < -0.3 is 9.64 Å². The topological polar surface area (TPSA) is 29.5 Å². The summed E-state index contributed by atoms with van der Waals surface area (Å²) in [6.07, 6.45) is 9.37. The molecule has 3 nitrogen and oxygen atoms in total. The van der Waals surface area contributed by atoms with E-state index in [0.29, 0.717) is 0 Å². The minimum absolute atomic E-state index is 0.148. The van der Waals surface area contributed by atoms with E-state index in [1.54, 1.807) is 0 Å². The van der Waals surface area contributed by atoms with Crippen molar-refractivity contribution in [3.05, 3.63) is 0 Å². The minimum atomic E-state index is -0.401. The standard InChI is InChI=1S/C17H35NO2/c1-6-8-10-12-14-18(15-13-11-9-7-2)16(19)20-17(3,4)5/h6-15H2,1-5H3. The van der Waals surface area contributed by atoms with Gasteiger partial charge in [-0.3, -0.25) is 0 Å². The molecule has 0 aliphatic carbocycles. The molecule has 0 radical (unpaired) electrons. The molecule has 0 bridgehead atoms. The third-order valence-corrected chi connectivity index (χ3v) is 3.21. The van der Waals surface area contributed by atoms with Gasteiger partial charge in [-0.1, -0.05) is 52.4 Å². The number of amides is 1. The second-order valence-corrected chi connectivity index (χ2v) is 6.59. The van der Waals surface area contributed by atoms with Crippen molar-refractivity contribution in [3.63, 3.8) is 0 Å². The van der Waals surface area contributed by atoms with E-state index >= 15 is 0 Å². The number of unbranched alkanes of at least 4 members (excludes halogenated alkanes) is 6. The van der Waals surface area contributed by atoms with Crippen molar-refractivity contribution < 1.29 is 9.53 Å². The molecule has 20 heavy (non-hydrogen) atoms. The maximum atomic E-state index is 12.2. The molecule has 1 amide bonds. The van der Waals surface area contributed by atoms with Gasteiger partial charge in [0.15, 0.2) is 0 Å². The van der Waals surface area contributed by atoms with Crippen molar-refractivity contribution in [1.29, 1.82) is 0 Å². The van der Waals surface area contributed by atoms with E-state index in [1.807, 2.05) is 25.7 Å². The highest BCUT2D eigenvalue weighted by atomic mass is 16.6. The smallest absolute Gasteiger partial charge is 0.410 e. The predicted octanol–water partition coefficient (Wildman–Crippen LogP) is 5.38. The summed E-state index contributed by atoms with van der Waals surface area (Å²) in [6, 6.07) is 0. The zero-order chi connectivity index (χ0) is 15.4. The summed E-state index contributed by atoms with van der Waals surface area (Å²) in [5.74, 6) is 0. The number of nitrogens with zero attached hydrogens (tertiary/aromatic N) is 1. The Morgan fingerprint density at radius 2 is 1.30 bits per heavy atom. The Morgan fingerprint density at radius 1 is 0.850 bits per heavy atom. The average molecular weight is 285 g/mol. The lowest BCUT2D eigenvalue weighted by atomic mass is 10.1. The van der Waals surface area contributed by atoms with Gasteiger partial charge in [-0.15, -0.1) is 0 Å². The van der Waals surface area contributed by atoms with Gasteiger partial charge >= 0.3 is 6.09 Å². The highest BCUT2D eigenvalue weighted by Gasteiger charge is 2.21. The fourth-order valence-corrected chi connectivity index (χ4v) is 2.08. The Hall–Kier alpha value is -0.730. The molecule has 0 unspecified atom stereocenters. The van der Waals surface area contributed by atoms with Gasteiger partial charge in [-0.05, 0) is 33.6 Å². The molecule has 0 aromatic rings. The molecule has 3 heteroatoms. The Labute approximate surface area is 126 Å². The lowest BCUT2D eigenvalue weighted by molar-refractivity contribution is 0.0243. The molecular weight excluding hydrogens is 250 g/mol. The van der Waals surface area contributed by atoms with Crippen LogP contribution in [0.1, 0.15) is 86.0 Å². The largest absolute Gasteiger partial charge is 0.444 e. The monoisotopic (exact) mass is 285 g/mol. The average Bonchev–Trinajstić information content (AvgIpc) is 2.34. The fraction of sp³-hybridized carbons (Fsp3) is 0.941. The van der Waals surface area contributed by atoms with Crippen molar-refractivity contribution >= 4 is 6.09 Å². The highest BCUT2D eigenvalue weighted by Crippen LogP contribution is 2.12. The second-order valence-electron chi connectivity index (χ2n) is 6.59. The van der Waals surface area contributed by atoms with Crippen LogP contribution in [0, 0.1) is 0 Å². The van der Waals surface area contributed by atoms with Crippen LogP contribution >= 0.6 is 0 Å². The zero-order valence-corrected chi connectivity index (χ0v) is 14.3. The van der Waals surface area contributed by atoms with Crippen LogP contribution in [0.15, 0.2) is 0 Å². The first-order chi connectivity index (χ1) is 9.40. The maximum Gasteiger partial charge on any atom is 0.410 e. The Balaban J connectivity index is 4.18. The molecule has 0 aromatic carbocycles. The molecule has 0 aliphatic rings. The van der Waals surface area contributed by atoms with Crippen LogP contribution in [0.25, 0.3) is 0 Å². The van der Waals surface area contributed by atoms with Crippen molar-refractivity contribution in [2.24, 2.45) is 0 Å². The number of carbonyl (C=O) groups excluding carboxylic acids is 1. The van der Waals surface area contributed by atoms with E-state index in [9.17, 15) is 4.79 Å². The first-order valence-electron chi connectivity index (χ1n) is 8.38. The van der Waals surface area contributed by atoms with E-state index in [-0.39, 0.29) is 6.09 Å². The fourth-order valence-electron chi connectivity index (χ4n) is 2.08. The Bertz CT molecular complexity index is 234. The molecule has 0 saturated carbocycles. The first kappa shape index (κ1) is 19.3. The summed E-state index contributed by atoms with van der Waals surface area (Å²) in [6.45, 7) is 11.9. The van der Waals surface area contributed by atoms with Crippen LogP contribution in [-0.2, 0) is 4.74 Å². The molecule has 120 valence electrons. The van der Waals surface area contributed by atoms with Gasteiger partial charge in [0.1, 0.15) is 5.60 Å². The van der Waals surface area contributed by atoms with E-state index < -0.39 is 5.60 Å². The van der Waals surface area contributed by atoms with Crippen LogP contribution in [0.3, 0.4) is 0 Å². The van der Waals surface area contributed by atoms with Crippen LogP contribution in [0.2, 0.25) is 0 Å². The molecular formula is C17H35NO2. The SMILES string of the molecule is CCCCCCN(CCCCCC)C(=O)OC(C)(C)C. The minimum Gasteiger partial charge on any atom is -0.444 e. The zero-order valence-electron chi connectivity index (χ0n) is 14.3. The molecule has 0 spiro atoms. The third-order valence-electron chi connectivity index (χ3n) is 3.21. The Kier molecular flexibility index (Phi) is 10.6.